The molecule has 0 unspecified atom stereocenters. The van der Waals surface area contributed by atoms with Gasteiger partial charge in [0.25, 0.3) is 0 Å². The van der Waals surface area contributed by atoms with Gasteiger partial charge in [0.2, 0.25) is 0 Å². The number of aromatic nitrogens is 2. The first-order chi connectivity index (χ1) is 9.86. The Kier molecular flexibility index (Phi) is 2.90. The molecule has 0 fully saturated rings. The van der Waals surface area contributed by atoms with Gasteiger partial charge in [-0.15, -0.1) is 0 Å². The van der Waals surface area contributed by atoms with E-state index in [0.29, 0.717) is 22.7 Å². The molecule has 0 radical (unpaired) electrons. The molecular formula is C15H12F3N3. The van der Waals surface area contributed by atoms with Crippen LogP contribution in [0.15, 0.2) is 42.6 Å². The van der Waals surface area contributed by atoms with E-state index in [4.69, 9.17) is 5.73 Å². The molecule has 0 saturated carbocycles. The van der Waals surface area contributed by atoms with E-state index in [0.717, 1.165) is 17.7 Å². The van der Waals surface area contributed by atoms with Gasteiger partial charge in [-0.25, -0.2) is 4.98 Å². The number of benzene rings is 1. The fourth-order valence-corrected chi connectivity index (χ4v) is 2.20. The summed E-state index contributed by atoms with van der Waals surface area (Å²) in [6.45, 7) is 1.93. The third-order valence-corrected chi connectivity index (χ3v) is 3.30. The first-order valence-electron chi connectivity index (χ1n) is 6.28. The van der Waals surface area contributed by atoms with Crippen LogP contribution in [0.4, 0.5) is 19.0 Å². The Morgan fingerprint density at radius 2 is 1.76 bits per heavy atom. The third-order valence-electron chi connectivity index (χ3n) is 3.30. The van der Waals surface area contributed by atoms with E-state index in [-0.39, 0.29) is 0 Å². The highest BCUT2D eigenvalue weighted by Gasteiger charge is 2.30. The lowest BCUT2D eigenvalue weighted by atomic mass is 10.1. The number of halogens is 3. The Morgan fingerprint density at radius 1 is 1.10 bits per heavy atom. The van der Waals surface area contributed by atoms with Crippen LogP contribution in [0.2, 0.25) is 0 Å². The smallest absolute Gasteiger partial charge is 0.383 e. The third kappa shape index (κ3) is 2.33. The van der Waals surface area contributed by atoms with Gasteiger partial charge in [0.05, 0.1) is 5.56 Å². The Hall–Kier alpha value is -2.50. The van der Waals surface area contributed by atoms with E-state index in [1.165, 1.54) is 12.1 Å². The van der Waals surface area contributed by atoms with E-state index in [1.807, 2.05) is 19.1 Å². The van der Waals surface area contributed by atoms with Crippen LogP contribution in [0.25, 0.3) is 16.9 Å². The van der Waals surface area contributed by atoms with Crippen molar-refractivity contribution in [3.8, 4) is 11.3 Å². The van der Waals surface area contributed by atoms with Crippen LogP contribution >= 0.6 is 0 Å². The Labute approximate surface area is 118 Å². The average Bonchev–Trinajstić information content (AvgIpc) is 2.74. The van der Waals surface area contributed by atoms with Crippen molar-refractivity contribution < 1.29 is 13.2 Å². The second kappa shape index (κ2) is 4.51. The molecule has 3 aromatic rings. The number of nitrogens with zero attached hydrogens (tertiary/aromatic N) is 2. The minimum Gasteiger partial charge on any atom is -0.383 e. The Morgan fingerprint density at radius 3 is 2.38 bits per heavy atom. The minimum absolute atomic E-state index is 0.407. The highest BCUT2D eigenvalue weighted by Crippen LogP contribution is 2.32. The number of rotatable bonds is 1. The second-order valence-electron chi connectivity index (χ2n) is 4.85. The van der Waals surface area contributed by atoms with Gasteiger partial charge < -0.3 is 5.73 Å². The second-order valence-corrected chi connectivity index (χ2v) is 4.85. The predicted molar refractivity (Wildman–Crippen MR) is 74.8 cm³/mol. The van der Waals surface area contributed by atoms with Gasteiger partial charge in [-0.1, -0.05) is 12.1 Å². The largest absolute Gasteiger partial charge is 0.416 e. The van der Waals surface area contributed by atoms with Gasteiger partial charge in [0, 0.05) is 11.8 Å². The molecule has 0 spiro atoms. The molecule has 1 aromatic carbocycles. The van der Waals surface area contributed by atoms with Crippen molar-refractivity contribution in [2.75, 3.05) is 5.73 Å². The number of imidazole rings is 1. The van der Waals surface area contributed by atoms with Gasteiger partial charge in [0.1, 0.15) is 17.2 Å². The molecule has 21 heavy (non-hydrogen) atoms. The Balaban J connectivity index is 2.10. The lowest BCUT2D eigenvalue weighted by Gasteiger charge is -2.06. The molecule has 0 aliphatic heterocycles. The van der Waals surface area contributed by atoms with E-state index < -0.39 is 11.7 Å². The number of aryl methyl sites for hydroxylation is 1. The number of nitrogens with two attached hydrogens (primary N) is 1. The van der Waals surface area contributed by atoms with E-state index in [1.54, 1.807) is 10.6 Å². The maximum atomic E-state index is 12.6. The summed E-state index contributed by atoms with van der Waals surface area (Å²) in [5, 5.41) is 0. The quantitative estimate of drug-likeness (QED) is 0.738. The molecule has 0 aliphatic carbocycles. The molecule has 0 aliphatic rings. The maximum absolute atomic E-state index is 12.6. The molecule has 6 heteroatoms. The predicted octanol–water partition coefficient (Wildman–Crippen LogP) is 3.91. The topological polar surface area (TPSA) is 43.3 Å². The van der Waals surface area contributed by atoms with Crippen LogP contribution in [0.1, 0.15) is 11.1 Å². The summed E-state index contributed by atoms with van der Waals surface area (Å²) in [5.74, 6) is 0.407. The summed E-state index contributed by atoms with van der Waals surface area (Å²) in [6, 6.07) is 8.58. The summed E-state index contributed by atoms with van der Waals surface area (Å²) in [4.78, 5) is 4.39. The molecule has 0 amide bonds. The highest BCUT2D eigenvalue weighted by molar-refractivity contribution is 5.75. The molecule has 0 atom stereocenters. The molecule has 3 nitrogen and oxygen atoms in total. The van der Waals surface area contributed by atoms with Crippen LogP contribution in [-0.2, 0) is 6.18 Å². The van der Waals surface area contributed by atoms with Crippen molar-refractivity contribution >= 4 is 11.5 Å². The Bertz CT molecular complexity index is 801. The summed E-state index contributed by atoms with van der Waals surface area (Å²) >= 11 is 0. The number of hydrogen-bond donors (Lipinski definition) is 1. The molecule has 2 aromatic heterocycles. The van der Waals surface area contributed by atoms with Crippen LogP contribution in [0.5, 0.6) is 0 Å². The zero-order valence-electron chi connectivity index (χ0n) is 11.1. The zero-order chi connectivity index (χ0) is 15.2. The number of alkyl halides is 3. The van der Waals surface area contributed by atoms with E-state index in [9.17, 15) is 13.2 Å². The van der Waals surface area contributed by atoms with Gasteiger partial charge in [-0.05, 0) is 36.8 Å². The highest BCUT2D eigenvalue weighted by atomic mass is 19.4. The molecule has 2 N–H and O–H groups in total. The molecular weight excluding hydrogens is 279 g/mol. The summed E-state index contributed by atoms with van der Waals surface area (Å²) in [5.41, 5.74) is 8.07. The monoisotopic (exact) mass is 291 g/mol. The lowest BCUT2D eigenvalue weighted by Crippen LogP contribution is -2.04. The molecule has 0 saturated heterocycles. The first-order valence-corrected chi connectivity index (χ1v) is 6.28. The average molecular weight is 291 g/mol. The van der Waals surface area contributed by atoms with Crippen molar-refractivity contribution in [3.05, 3.63) is 53.7 Å². The maximum Gasteiger partial charge on any atom is 0.416 e. The normalized spacial score (nSPS) is 12.0. The fourth-order valence-electron chi connectivity index (χ4n) is 2.20. The van der Waals surface area contributed by atoms with Crippen LogP contribution in [0.3, 0.4) is 0 Å². The number of fused-ring (bicyclic) bond motifs is 1. The summed E-state index contributed by atoms with van der Waals surface area (Å²) in [6.07, 6.45) is -2.55. The number of anilines is 1. The zero-order valence-corrected chi connectivity index (χ0v) is 11.1. The lowest BCUT2D eigenvalue weighted by molar-refractivity contribution is -0.137. The van der Waals surface area contributed by atoms with Crippen molar-refractivity contribution in [2.45, 2.75) is 13.1 Å². The van der Waals surface area contributed by atoms with Crippen molar-refractivity contribution in [1.29, 1.82) is 0 Å². The first kappa shape index (κ1) is 13.5. The summed E-state index contributed by atoms with van der Waals surface area (Å²) in [7, 11) is 0. The molecule has 3 rings (SSSR count). The van der Waals surface area contributed by atoms with Gasteiger partial charge in [0.15, 0.2) is 0 Å². The van der Waals surface area contributed by atoms with Crippen molar-refractivity contribution in [3.63, 3.8) is 0 Å². The minimum atomic E-state index is -4.35. The van der Waals surface area contributed by atoms with Gasteiger partial charge in [-0.3, -0.25) is 4.40 Å². The van der Waals surface area contributed by atoms with E-state index >= 15 is 0 Å². The van der Waals surface area contributed by atoms with Crippen molar-refractivity contribution in [1.82, 2.24) is 9.38 Å². The summed E-state index contributed by atoms with van der Waals surface area (Å²) < 4.78 is 39.4. The van der Waals surface area contributed by atoms with Crippen LogP contribution in [0, 0.1) is 6.92 Å². The van der Waals surface area contributed by atoms with E-state index in [2.05, 4.69) is 4.98 Å². The van der Waals surface area contributed by atoms with Crippen LogP contribution < -0.4 is 5.73 Å². The SMILES string of the molecule is Cc1ccn2c(N)c(-c3ccc(C(F)(F)F)cc3)nc2c1. The molecule has 108 valence electrons. The van der Waals surface area contributed by atoms with Gasteiger partial charge >= 0.3 is 6.18 Å². The van der Waals surface area contributed by atoms with Crippen LogP contribution in [-0.4, -0.2) is 9.38 Å². The standard InChI is InChI=1S/C15H12F3N3/c1-9-6-7-21-12(8-9)20-13(14(21)19)10-2-4-11(5-3-10)15(16,17)18/h2-8H,19H2,1H3. The van der Waals surface area contributed by atoms with Gasteiger partial charge in [-0.2, -0.15) is 13.2 Å². The number of hydrogen-bond acceptors (Lipinski definition) is 2. The number of pyridine rings is 1. The fraction of sp³-hybridized carbons (Fsp3) is 0.133. The van der Waals surface area contributed by atoms with Crippen molar-refractivity contribution in [2.24, 2.45) is 0 Å². The molecule has 0 bridgehead atoms. The molecule has 2 heterocycles. The number of nitrogen functional groups attached to an aromatic ring is 1.